The molecule has 0 aliphatic carbocycles. The summed E-state index contributed by atoms with van der Waals surface area (Å²) in [5.74, 6) is -0.470. The summed E-state index contributed by atoms with van der Waals surface area (Å²) in [6.45, 7) is 6.51. The Morgan fingerprint density at radius 3 is 2.03 bits per heavy atom. The highest BCUT2D eigenvalue weighted by molar-refractivity contribution is 6.02. The van der Waals surface area contributed by atoms with Crippen LogP contribution < -0.4 is 4.90 Å². The minimum Gasteiger partial charge on any atom is -0.620 e. The van der Waals surface area contributed by atoms with Crippen molar-refractivity contribution in [2.45, 2.75) is 26.6 Å². The standard InChI is InChI=1S/C27H30N4O/c1-20-11-15-23(16-12-20)26-19-30(25-17-13-21(2)14-18-25)27(31(26)32,28-22(3)29(4)5)24-9-7-6-8-10-24/h6-18H,19H2,1-5H3/b28-22-. The molecular formula is C27H30N4O. The molecular weight excluding hydrogens is 396 g/mol. The average molecular weight is 427 g/mol. The molecule has 32 heavy (non-hydrogen) atoms. The number of amidine groups is 1. The molecule has 5 nitrogen and oxygen atoms in total. The van der Waals surface area contributed by atoms with Gasteiger partial charge in [0.25, 0.3) is 0 Å². The number of benzene rings is 3. The predicted molar refractivity (Wildman–Crippen MR) is 132 cm³/mol. The molecule has 0 aromatic heterocycles. The lowest BCUT2D eigenvalue weighted by molar-refractivity contribution is -0.547. The smallest absolute Gasteiger partial charge is 0.378 e. The van der Waals surface area contributed by atoms with Gasteiger partial charge in [0.1, 0.15) is 12.4 Å². The third kappa shape index (κ3) is 3.75. The molecule has 0 fully saturated rings. The van der Waals surface area contributed by atoms with Gasteiger partial charge in [0.2, 0.25) is 5.71 Å². The summed E-state index contributed by atoms with van der Waals surface area (Å²) in [4.78, 5) is 9.14. The van der Waals surface area contributed by atoms with Crippen molar-refractivity contribution in [2.75, 3.05) is 25.5 Å². The highest BCUT2D eigenvalue weighted by atomic mass is 16.5. The molecule has 0 bridgehead atoms. The topological polar surface area (TPSA) is 44.9 Å². The van der Waals surface area contributed by atoms with E-state index in [1.807, 2.05) is 80.5 Å². The Hall–Kier alpha value is -3.60. The fraction of sp³-hybridized carbons (Fsp3) is 0.259. The maximum Gasteiger partial charge on any atom is 0.378 e. The fourth-order valence-electron chi connectivity index (χ4n) is 4.00. The lowest BCUT2D eigenvalue weighted by Crippen LogP contribution is -2.48. The van der Waals surface area contributed by atoms with Crippen molar-refractivity contribution in [3.63, 3.8) is 0 Å². The minimum absolute atomic E-state index is 0.453. The van der Waals surface area contributed by atoms with Crippen molar-refractivity contribution in [2.24, 2.45) is 4.99 Å². The maximum absolute atomic E-state index is 14.2. The zero-order valence-electron chi connectivity index (χ0n) is 19.4. The average Bonchev–Trinajstić information content (AvgIpc) is 3.08. The lowest BCUT2D eigenvalue weighted by Gasteiger charge is -2.34. The van der Waals surface area contributed by atoms with E-state index in [1.165, 1.54) is 5.56 Å². The van der Waals surface area contributed by atoms with Crippen LogP contribution in [0.25, 0.3) is 0 Å². The normalized spacial score (nSPS) is 18.9. The molecule has 4 rings (SSSR count). The van der Waals surface area contributed by atoms with Crippen LogP contribution in [0, 0.1) is 19.1 Å². The van der Waals surface area contributed by atoms with Gasteiger partial charge in [-0.05, 0) is 57.2 Å². The van der Waals surface area contributed by atoms with Gasteiger partial charge < -0.3 is 10.1 Å². The molecule has 3 aromatic carbocycles. The first kappa shape index (κ1) is 21.6. The first-order valence-corrected chi connectivity index (χ1v) is 10.9. The van der Waals surface area contributed by atoms with Crippen molar-refractivity contribution in [3.05, 3.63) is 106 Å². The largest absolute Gasteiger partial charge is 0.620 e. The van der Waals surface area contributed by atoms with E-state index in [-0.39, 0.29) is 0 Å². The van der Waals surface area contributed by atoms with E-state index in [0.29, 0.717) is 12.3 Å². The Kier molecular flexibility index (Phi) is 5.74. The Morgan fingerprint density at radius 1 is 0.906 bits per heavy atom. The van der Waals surface area contributed by atoms with Crippen molar-refractivity contribution in [1.29, 1.82) is 0 Å². The van der Waals surface area contributed by atoms with Crippen molar-refractivity contribution in [1.82, 2.24) is 4.90 Å². The summed E-state index contributed by atoms with van der Waals surface area (Å²) < 4.78 is 1.10. The van der Waals surface area contributed by atoms with Crippen LogP contribution in [0.3, 0.4) is 0 Å². The fourth-order valence-corrected chi connectivity index (χ4v) is 4.00. The third-order valence-electron chi connectivity index (χ3n) is 6.07. The summed E-state index contributed by atoms with van der Waals surface area (Å²) in [7, 11) is 3.89. The van der Waals surface area contributed by atoms with Gasteiger partial charge in [0.15, 0.2) is 0 Å². The monoisotopic (exact) mass is 426 g/mol. The highest BCUT2D eigenvalue weighted by Gasteiger charge is 2.55. The SMILES string of the molecule is C/C(=N/C1(c2ccccc2)N(c2ccc(C)cc2)CC(c2ccc(C)cc2)=[N+]1[O-])N(C)C. The number of nitrogens with zero attached hydrogens (tertiary/aromatic N) is 4. The van der Waals surface area contributed by atoms with Gasteiger partial charge in [-0.15, -0.1) is 0 Å². The molecule has 5 heteroatoms. The van der Waals surface area contributed by atoms with Gasteiger partial charge in [-0.2, -0.15) is 9.73 Å². The first-order chi connectivity index (χ1) is 15.3. The van der Waals surface area contributed by atoms with Crippen LogP contribution in [0.4, 0.5) is 5.69 Å². The van der Waals surface area contributed by atoms with E-state index in [4.69, 9.17) is 4.99 Å². The van der Waals surface area contributed by atoms with Crippen LogP contribution in [-0.4, -0.2) is 41.8 Å². The number of aryl methyl sites for hydroxylation is 2. The Labute approximate surface area is 190 Å². The van der Waals surface area contributed by atoms with E-state index < -0.39 is 5.79 Å². The van der Waals surface area contributed by atoms with Gasteiger partial charge in [0.05, 0.1) is 5.56 Å². The van der Waals surface area contributed by atoms with Crippen LogP contribution in [0.2, 0.25) is 0 Å². The third-order valence-corrected chi connectivity index (χ3v) is 6.07. The van der Waals surface area contributed by atoms with Crippen molar-refractivity contribution < 1.29 is 4.74 Å². The van der Waals surface area contributed by atoms with Crippen LogP contribution in [-0.2, 0) is 5.79 Å². The molecule has 1 atom stereocenters. The zero-order valence-corrected chi connectivity index (χ0v) is 19.4. The predicted octanol–water partition coefficient (Wildman–Crippen LogP) is 4.91. The Balaban J connectivity index is 2.01. The van der Waals surface area contributed by atoms with Gasteiger partial charge >= 0.3 is 5.79 Å². The van der Waals surface area contributed by atoms with E-state index in [2.05, 4.69) is 43.0 Å². The Morgan fingerprint density at radius 2 is 1.47 bits per heavy atom. The summed E-state index contributed by atoms with van der Waals surface area (Å²) in [5.41, 5.74) is 5.74. The van der Waals surface area contributed by atoms with Crippen LogP contribution in [0.1, 0.15) is 29.2 Å². The van der Waals surface area contributed by atoms with Gasteiger partial charge in [-0.3, -0.25) is 4.90 Å². The number of rotatable bonds is 4. The maximum atomic E-state index is 14.2. The molecule has 1 aliphatic rings. The second-order valence-electron chi connectivity index (χ2n) is 8.58. The number of hydrogen-bond donors (Lipinski definition) is 0. The van der Waals surface area contributed by atoms with Crippen LogP contribution >= 0.6 is 0 Å². The lowest BCUT2D eigenvalue weighted by atomic mass is 10.1. The molecule has 0 spiro atoms. The molecule has 1 heterocycles. The van der Waals surface area contributed by atoms with E-state index in [0.717, 1.165) is 33.0 Å². The molecule has 3 aromatic rings. The molecule has 0 saturated carbocycles. The van der Waals surface area contributed by atoms with E-state index in [9.17, 15) is 5.21 Å². The number of anilines is 1. The molecule has 0 saturated heterocycles. The van der Waals surface area contributed by atoms with Gasteiger partial charge in [-0.1, -0.05) is 53.6 Å². The molecule has 1 unspecified atom stereocenters. The van der Waals surface area contributed by atoms with E-state index in [1.54, 1.807) is 0 Å². The van der Waals surface area contributed by atoms with Crippen molar-refractivity contribution in [3.8, 4) is 0 Å². The summed E-state index contributed by atoms with van der Waals surface area (Å²) >= 11 is 0. The Bertz CT molecular complexity index is 1150. The molecule has 0 radical (unpaired) electrons. The van der Waals surface area contributed by atoms with Gasteiger partial charge in [0, 0.05) is 25.3 Å². The van der Waals surface area contributed by atoms with Crippen LogP contribution in [0.15, 0.2) is 83.9 Å². The van der Waals surface area contributed by atoms with Crippen LogP contribution in [0.5, 0.6) is 0 Å². The first-order valence-electron chi connectivity index (χ1n) is 10.9. The second-order valence-corrected chi connectivity index (χ2v) is 8.58. The highest BCUT2D eigenvalue weighted by Crippen LogP contribution is 2.40. The van der Waals surface area contributed by atoms with Gasteiger partial charge in [-0.25, -0.2) is 0 Å². The summed E-state index contributed by atoms with van der Waals surface area (Å²) in [6, 6.07) is 26.3. The quantitative estimate of drug-likeness (QED) is 0.258. The zero-order chi connectivity index (χ0) is 22.9. The van der Waals surface area contributed by atoms with E-state index >= 15 is 0 Å². The molecule has 0 amide bonds. The number of hydrogen-bond acceptors (Lipinski definition) is 3. The molecule has 164 valence electrons. The minimum atomic E-state index is -1.24. The molecule has 1 aliphatic heterocycles. The summed E-state index contributed by atoms with van der Waals surface area (Å²) in [5, 5.41) is 14.2. The second kappa shape index (κ2) is 8.50. The molecule has 0 N–H and O–H groups in total. The number of hydroxylamine groups is 1. The summed E-state index contributed by atoms with van der Waals surface area (Å²) in [6.07, 6.45) is 0. The van der Waals surface area contributed by atoms with Crippen molar-refractivity contribution >= 4 is 17.2 Å². The number of aliphatic imine (C=N–C) groups is 1.